The Morgan fingerprint density at radius 3 is 2.33 bits per heavy atom. The molecular weight excluding hydrogens is 297 g/mol. The summed E-state index contributed by atoms with van der Waals surface area (Å²) in [6.07, 6.45) is -5.11. The average molecular weight is 308 g/mol. The number of hydrogen-bond donors (Lipinski definition) is 2. The molecule has 1 atom stereocenters. The Hall–Kier alpha value is -2.52. The van der Waals surface area contributed by atoms with Gasteiger partial charge < -0.3 is 15.2 Å². The summed E-state index contributed by atoms with van der Waals surface area (Å²) in [4.78, 5) is 20.8. The van der Waals surface area contributed by atoms with Gasteiger partial charge >= 0.3 is 12.1 Å². The molecule has 0 heterocycles. The summed E-state index contributed by atoms with van der Waals surface area (Å²) in [6, 6.07) is 2.81. The number of carboxylic acids is 1. The van der Waals surface area contributed by atoms with Crippen LogP contribution in [-0.4, -0.2) is 34.8 Å². The first-order valence-corrected chi connectivity index (χ1v) is 5.43. The van der Waals surface area contributed by atoms with Crippen molar-refractivity contribution in [1.29, 1.82) is 0 Å². The van der Waals surface area contributed by atoms with Crippen LogP contribution in [-0.2, 0) is 4.79 Å². The van der Waals surface area contributed by atoms with E-state index in [4.69, 9.17) is 9.84 Å². The predicted molar refractivity (Wildman–Crippen MR) is 65.4 cm³/mol. The molecule has 0 aliphatic carbocycles. The third-order valence-electron chi connectivity index (χ3n) is 2.73. The van der Waals surface area contributed by atoms with E-state index in [1.54, 1.807) is 5.32 Å². The molecule has 0 radical (unpaired) electrons. The molecular formula is C11H11F3N2O5. The molecule has 0 fully saturated rings. The number of nitrogens with one attached hydrogen (secondary N) is 1. The molecule has 21 heavy (non-hydrogen) atoms. The maximum absolute atomic E-state index is 12.9. The third kappa shape index (κ3) is 3.33. The lowest BCUT2D eigenvalue weighted by Crippen LogP contribution is -2.55. The van der Waals surface area contributed by atoms with E-state index >= 15 is 0 Å². The number of aliphatic carboxylic acids is 1. The van der Waals surface area contributed by atoms with Crippen LogP contribution in [0.3, 0.4) is 0 Å². The molecule has 1 aromatic rings. The highest BCUT2D eigenvalue weighted by molar-refractivity contribution is 5.83. The number of methoxy groups -OCH3 is 1. The number of carbonyl (C=O) groups is 1. The zero-order chi connectivity index (χ0) is 16.4. The van der Waals surface area contributed by atoms with E-state index in [0.29, 0.717) is 6.92 Å². The van der Waals surface area contributed by atoms with Crippen molar-refractivity contribution in [2.24, 2.45) is 0 Å². The van der Waals surface area contributed by atoms with E-state index in [9.17, 15) is 28.1 Å². The fourth-order valence-corrected chi connectivity index (χ4v) is 1.41. The largest absolute Gasteiger partial charge is 0.496 e. The molecule has 1 unspecified atom stereocenters. The molecule has 0 saturated carbocycles. The Morgan fingerprint density at radius 2 is 1.95 bits per heavy atom. The Morgan fingerprint density at radius 1 is 1.38 bits per heavy atom. The molecule has 1 aromatic carbocycles. The van der Waals surface area contributed by atoms with E-state index in [0.717, 1.165) is 18.2 Å². The third-order valence-corrected chi connectivity index (χ3v) is 2.73. The number of rotatable bonds is 5. The molecule has 0 aliphatic heterocycles. The summed E-state index contributed by atoms with van der Waals surface area (Å²) in [5.41, 5.74) is -4.23. The second kappa shape index (κ2) is 5.46. The lowest BCUT2D eigenvalue weighted by Gasteiger charge is -2.29. The number of ether oxygens (including phenoxy) is 1. The van der Waals surface area contributed by atoms with E-state index in [-0.39, 0.29) is 5.75 Å². The first-order valence-electron chi connectivity index (χ1n) is 5.43. The van der Waals surface area contributed by atoms with Gasteiger partial charge in [0, 0.05) is 17.8 Å². The highest BCUT2D eigenvalue weighted by Gasteiger charge is 2.57. The number of non-ortho nitro benzene ring substituents is 1. The zero-order valence-electron chi connectivity index (χ0n) is 10.9. The fraction of sp³-hybridized carbons (Fsp3) is 0.364. The molecule has 116 valence electrons. The van der Waals surface area contributed by atoms with Crippen molar-refractivity contribution in [3.63, 3.8) is 0 Å². The minimum atomic E-state index is -5.11. The number of carboxylic acid groups (broad SMARTS) is 1. The van der Waals surface area contributed by atoms with Gasteiger partial charge in [0.1, 0.15) is 5.75 Å². The molecule has 0 aliphatic rings. The van der Waals surface area contributed by atoms with Gasteiger partial charge in [-0.3, -0.25) is 10.1 Å². The topological polar surface area (TPSA) is 102 Å². The van der Waals surface area contributed by atoms with Crippen LogP contribution in [0.2, 0.25) is 0 Å². The second-order valence-electron chi connectivity index (χ2n) is 4.23. The van der Waals surface area contributed by atoms with Crippen LogP contribution in [0.5, 0.6) is 5.75 Å². The zero-order valence-corrected chi connectivity index (χ0v) is 10.9. The highest BCUT2D eigenvalue weighted by atomic mass is 19.4. The van der Waals surface area contributed by atoms with Crippen LogP contribution in [0, 0.1) is 10.1 Å². The summed E-state index contributed by atoms with van der Waals surface area (Å²) < 4.78 is 43.4. The van der Waals surface area contributed by atoms with Crippen molar-refractivity contribution in [3.05, 3.63) is 28.3 Å². The highest BCUT2D eigenvalue weighted by Crippen LogP contribution is 2.35. The van der Waals surface area contributed by atoms with Gasteiger partial charge in [-0.25, -0.2) is 4.79 Å². The molecule has 10 heteroatoms. The van der Waals surface area contributed by atoms with Crippen LogP contribution in [0.25, 0.3) is 0 Å². The van der Waals surface area contributed by atoms with E-state index in [2.05, 4.69) is 0 Å². The standard InChI is InChI=1S/C11H11F3N2O5/c1-10(9(17)18,11(12,13)14)15-6-3-7(16(19)20)5-8(4-6)21-2/h3-5,15H,1-2H3,(H,17,18). The van der Waals surface area contributed by atoms with Crippen molar-refractivity contribution in [1.82, 2.24) is 0 Å². The van der Waals surface area contributed by atoms with Crippen LogP contribution in [0.4, 0.5) is 24.5 Å². The van der Waals surface area contributed by atoms with E-state index in [1.165, 1.54) is 7.11 Å². The van der Waals surface area contributed by atoms with Crippen molar-refractivity contribution < 1.29 is 32.7 Å². The van der Waals surface area contributed by atoms with Gasteiger partial charge in [0.05, 0.1) is 18.1 Å². The number of benzene rings is 1. The SMILES string of the molecule is COc1cc(NC(C)(C(=O)O)C(F)(F)F)cc([N+](=O)[O-])c1. The fourth-order valence-electron chi connectivity index (χ4n) is 1.41. The van der Waals surface area contributed by atoms with E-state index in [1.807, 2.05) is 0 Å². The number of hydrogen-bond acceptors (Lipinski definition) is 5. The van der Waals surface area contributed by atoms with Crippen LogP contribution >= 0.6 is 0 Å². The Labute approximate surface area is 116 Å². The van der Waals surface area contributed by atoms with Crippen LogP contribution in [0.15, 0.2) is 18.2 Å². The predicted octanol–water partition coefficient (Wildman–Crippen LogP) is 2.42. The van der Waals surface area contributed by atoms with Gasteiger partial charge in [0.15, 0.2) is 0 Å². The quantitative estimate of drug-likeness (QED) is 0.640. The maximum Gasteiger partial charge on any atom is 0.422 e. The Balaban J connectivity index is 3.31. The summed E-state index contributed by atoms with van der Waals surface area (Å²) in [5, 5.41) is 21.2. The molecule has 0 bridgehead atoms. The first-order chi connectivity index (χ1) is 9.51. The molecule has 1 rings (SSSR count). The Kier molecular flexibility index (Phi) is 4.30. The molecule has 2 N–H and O–H groups in total. The van der Waals surface area contributed by atoms with Gasteiger partial charge in [0.2, 0.25) is 5.54 Å². The van der Waals surface area contributed by atoms with Crippen LogP contribution in [0.1, 0.15) is 6.92 Å². The maximum atomic E-state index is 12.9. The van der Waals surface area contributed by atoms with Crippen molar-refractivity contribution >= 4 is 17.3 Å². The number of alkyl halides is 3. The van der Waals surface area contributed by atoms with E-state index < -0.39 is 34.0 Å². The summed E-state index contributed by atoms with van der Waals surface area (Å²) in [6.45, 7) is 0.417. The molecule has 0 amide bonds. The van der Waals surface area contributed by atoms with Gasteiger partial charge in [-0.1, -0.05) is 0 Å². The smallest absolute Gasteiger partial charge is 0.422 e. The number of nitro groups is 1. The minimum Gasteiger partial charge on any atom is -0.496 e. The van der Waals surface area contributed by atoms with Gasteiger partial charge in [-0.15, -0.1) is 0 Å². The monoisotopic (exact) mass is 308 g/mol. The lowest BCUT2D eigenvalue weighted by atomic mass is 10.0. The summed E-state index contributed by atoms with van der Waals surface area (Å²) >= 11 is 0. The van der Waals surface area contributed by atoms with Gasteiger partial charge in [-0.05, 0) is 6.92 Å². The molecule has 0 saturated heterocycles. The van der Waals surface area contributed by atoms with Crippen LogP contribution < -0.4 is 10.1 Å². The average Bonchev–Trinajstić information content (AvgIpc) is 2.36. The van der Waals surface area contributed by atoms with Crippen molar-refractivity contribution in [2.45, 2.75) is 18.6 Å². The number of nitrogens with zero attached hydrogens (tertiary/aromatic N) is 1. The summed E-state index contributed by atoms with van der Waals surface area (Å²) in [7, 11) is 1.17. The molecule has 7 nitrogen and oxygen atoms in total. The first kappa shape index (κ1) is 16.5. The minimum absolute atomic E-state index is 0.0818. The number of anilines is 1. The molecule has 0 aromatic heterocycles. The Bertz CT molecular complexity index is 575. The van der Waals surface area contributed by atoms with Gasteiger partial charge in [-0.2, -0.15) is 13.2 Å². The molecule has 0 spiro atoms. The van der Waals surface area contributed by atoms with Crippen molar-refractivity contribution in [3.8, 4) is 5.75 Å². The van der Waals surface area contributed by atoms with Crippen molar-refractivity contribution in [2.75, 3.05) is 12.4 Å². The lowest BCUT2D eigenvalue weighted by molar-refractivity contribution is -0.384. The second-order valence-corrected chi connectivity index (χ2v) is 4.23. The normalized spacial score (nSPS) is 14.1. The van der Waals surface area contributed by atoms with Gasteiger partial charge in [0.25, 0.3) is 5.69 Å². The number of halogens is 3. The summed E-state index contributed by atoms with van der Waals surface area (Å²) in [5.74, 6) is -2.25. The number of nitro benzene ring substituents is 1.